The number of hydrogen-bond donors (Lipinski definition) is 4. The quantitative estimate of drug-likeness (QED) is 0.634. The highest BCUT2D eigenvalue weighted by Crippen LogP contribution is 2.26. The van der Waals surface area contributed by atoms with E-state index in [2.05, 4.69) is 10.6 Å². The van der Waals surface area contributed by atoms with Crippen molar-refractivity contribution in [1.29, 1.82) is 0 Å². The first kappa shape index (κ1) is 14.9. The topological polar surface area (TPSA) is 98.7 Å². The third kappa shape index (κ3) is 2.96. The lowest BCUT2D eigenvalue weighted by Crippen LogP contribution is -2.42. The fraction of sp³-hybridized carbons (Fsp3) is 0.176. The van der Waals surface area contributed by atoms with Crippen LogP contribution in [0.15, 0.2) is 36.4 Å². The Hall–Kier alpha value is -3.02. The SMILES string of the molecule is Cc1ccc2c(c1)C(=O)N[C@@H](Cc1ccc(O)c(O)c1)C(=O)N2. The maximum absolute atomic E-state index is 12.3. The van der Waals surface area contributed by atoms with Gasteiger partial charge in [-0.25, -0.2) is 0 Å². The van der Waals surface area contributed by atoms with Crippen LogP contribution < -0.4 is 10.6 Å². The Bertz CT molecular complexity index is 801. The Balaban J connectivity index is 1.86. The number of aromatic hydroxyl groups is 2. The zero-order valence-electron chi connectivity index (χ0n) is 12.5. The van der Waals surface area contributed by atoms with Crippen LogP contribution in [-0.4, -0.2) is 28.1 Å². The van der Waals surface area contributed by atoms with Crippen molar-refractivity contribution in [2.75, 3.05) is 5.32 Å². The summed E-state index contributed by atoms with van der Waals surface area (Å²) in [7, 11) is 0. The van der Waals surface area contributed by atoms with Gasteiger partial charge in [0.15, 0.2) is 11.5 Å². The van der Waals surface area contributed by atoms with Crippen LogP contribution in [0, 0.1) is 6.92 Å². The molecule has 0 spiro atoms. The van der Waals surface area contributed by atoms with Gasteiger partial charge in [-0.1, -0.05) is 17.7 Å². The zero-order chi connectivity index (χ0) is 16.6. The van der Waals surface area contributed by atoms with E-state index in [9.17, 15) is 19.8 Å². The Morgan fingerprint density at radius 1 is 1.04 bits per heavy atom. The molecular formula is C17H16N2O4. The number of rotatable bonds is 2. The van der Waals surface area contributed by atoms with E-state index in [0.717, 1.165) is 5.56 Å². The second-order valence-electron chi connectivity index (χ2n) is 5.59. The molecule has 23 heavy (non-hydrogen) atoms. The van der Waals surface area contributed by atoms with Gasteiger partial charge in [-0.3, -0.25) is 9.59 Å². The molecule has 1 atom stereocenters. The molecule has 1 aliphatic rings. The van der Waals surface area contributed by atoms with Gasteiger partial charge in [0.25, 0.3) is 5.91 Å². The van der Waals surface area contributed by atoms with Crippen molar-refractivity contribution in [2.45, 2.75) is 19.4 Å². The fourth-order valence-electron chi connectivity index (χ4n) is 2.55. The van der Waals surface area contributed by atoms with Gasteiger partial charge in [0, 0.05) is 6.42 Å². The fourth-order valence-corrected chi connectivity index (χ4v) is 2.55. The highest BCUT2D eigenvalue weighted by molar-refractivity contribution is 6.10. The molecule has 0 aliphatic carbocycles. The second kappa shape index (κ2) is 5.64. The Morgan fingerprint density at radius 3 is 2.57 bits per heavy atom. The predicted octanol–water partition coefficient (Wildman–Crippen LogP) is 1.70. The average Bonchev–Trinajstić information content (AvgIpc) is 2.61. The van der Waals surface area contributed by atoms with E-state index in [0.29, 0.717) is 16.8 Å². The summed E-state index contributed by atoms with van der Waals surface area (Å²) in [5.74, 6) is -1.14. The second-order valence-corrected chi connectivity index (χ2v) is 5.59. The maximum Gasteiger partial charge on any atom is 0.254 e. The predicted molar refractivity (Wildman–Crippen MR) is 84.5 cm³/mol. The molecule has 0 radical (unpaired) electrons. The largest absolute Gasteiger partial charge is 0.504 e. The van der Waals surface area contributed by atoms with E-state index in [4.69, 9.17) is 0 Å². The molecule has 0 aromatic heterocycles. The molecular weight excluding hydrogens is 296 g/mol. The zero-order valence-corrected chi connectivity index (χ0v) is 12.5. The number of benzene rings is 2. The summed E-state index contributed by atoms with van der Waals surface area (Å²) in [5.41, 5.74) is 2.46. The molecule has 3 rings (SSSR count). The van der Waals surface area contributed by atoms with Crippen LogP contribution in [0.5, 0.6) is 11.5 Å². The Labute approximate surface area is 132 Å². The summed E-state index contributed by atoms with van der Waals surface area (Å²) >= 11 is 0. The first-order valence-electron chi connectivity index (χ1n) is 7.17. The summed E-state index contributed by atoms with van der Waals surface area (Å²) in [6, 6.07) is 8.80. The van der Waals surface area contributed by atoms with Crippen molar-refractivity contribution in [3.05, 3.63) is 53.1 Å². The van der Waals surface area contributed by atoms with Crippen molar-refractivity contribution < 1.29 is 19.8 Å². The number of carbonyl (C=O) groups excluding carboxylic acids is 2. The third-order valence-corrected chi connectivity index (χ3v) is 3.78. The average molecular weight is 312 g/mol. The van der Waals surface area contributed by atoms with Crippen LogP contribution in [0.25, 0.3) is 0 Å². The number of hydrogen-bond acceptors (Lipinski definition) is 4. The first-order valence-corrected chi connectivity index (χ1v) is 7.17. The van der Waals surface area contributed by atoms with Crippen LogP contribution in [0.3, 0.4) is 0 Å². The van der Waals surface area contributed by atoms with Gasteiger partial charge >= 0.3 is 0 Å². The minimum atomic E-state index is -0.765. The number of aryl methyl sites for hydroxylation is 1. The molecule has 0 saturated carbocycles. The minimum Gasteiger partial charge on any atom is -0.504 e. The molecule has 1 aliphatic heterocycles. The van der Waals surface area contributed by atoms with Crippen LogP contribution in [0.4, 0.5) is 5.69 Å². The number of fused-ring (bicyclic) bond motifs is 1. The van der Waals surface area contributed by atoms with Crippen molar-refractivity contribution in [3.63, 3.8) is 0 Å². The lowest BCUT2D eigenvalue weighted by Gasteiger charge is -2.14. The van der Waals surface area contributed by atoms with E-state index in [1.807, 2.05) is 13.0 Å². The summed E-state index contributed by atoms with van der Waals surface area (Å²) in [6.45, 7) is 1.87. The van der Waals surface area contributed by atoms with Crippen molar-refractivity contribution in [1.82, 2.24) is 5.32 Å². The number of nitrogens with one attached hydrogen (secondary N) is 2. The van der Waals surface area contributed by atoms with E-state index in [1.54, 1.807) is 18.2 Å². The minimum absolute atomic E-state index is 0.207. The van der Waals surface area contributed by atoms with E-state index in [1.165, 1.54) is 12.1 Å². The Morgan fingerprint density at radius 2 is 1.83 bits per heavy atom. The van der Waals surface area contributed by atoms with E-state index in [-0.39, 0.29) is 29.7 Å². The molecule has 2 aromatic carbocycles. The summed E-state index contributed by atoms with van der Waals surface area (Å²) in [4.78, 5) is 24.7. The van der Waals surface area contributed by atoms with Crippen LogP contribution in [-0.2, 0) is 11.2 Å². The van der Waals surface area contributed by atoms with E-state index < -0.39 is 6.04 Å². The molecule has 0 unspecified atom stereocenters. The number of carbonyl (C=O) groups is 2. The van der Waals surface area contributed by atoms with E-state index >= 15 is 0 Å². The lowest BCUT2D eigenvalue weighted by molar-refractivity contribution is -0.117. The highest BCUT2D eigenvalue weighted by atomic mass is 16.3. The molecule has 6 heteroatoms. The molecule has 118 valence electrons. The number of phenols is 2. The molecule has 1 heterocycles. The van der Waals surface area contributed by atoms with Crippen LogP contribution in [0.1, 0.15) is 21.5 Å². The first-order chi connectivity index (χ1) is 10.9. The molecule has 0 saturated heterocycles. The summed E-state index contributed by atoms with van der Waals surface area (Å²) in [5, 5.41) is 24.3. The highest BCUT2D eigenvalue weighted by Gasteiger charge is 2.28. The van der Waals surface area contributed by atoms with Gasteiger partial charge in [-0.2, -0.15) is 0 Å². The summed E-state index contributed by atoms with van der Waals surface area (Å²) < 4.78 is 0. The molecule has 0 bridgehead atoms. The molecule has 2 aromatic rings. The van der Waals surface area contributed by atoms with Crippen LogP contribution >= 0.6 is 0 Å². The monoisotopic (exact) mass is 312 g/mol. The molecule has 6 nitrogen and oxygen atoms in total. The van der Waals surface area contributed by atoms with Gasteiger partial charge in [-0.15, -0.1) is 0 Å². The van der Waals surface area contributed by atoms with Gasteiger partial charge in [0.05, 0.1) is 11.3 Å². The van der Waals surface area contributed by atoms with Crippen molar-refractivity contribution in [3.8, 4) is 11.5 Å². The van der Waals surface area contributed by atoms with Gasteiger partial charge in [-0.05, 0) is 36.8 Å². The normalized spacial score (nSPS) is 17.0. The number of phenolic OH excluding ortho intramolecular Hbond substituents is 2. The lowest BCUT2D eigenvalue weighted by atomic mass is 10.0. The van der Waals surface area contributed by atoms with Crippen molar-refractivity contribution >= 4 is 17.5 Å². The Kier molecular flexibility index (Phi) is 3.65. The van der Waals surface area contributed by atoms with Gasteiger partial charge in [0.2, 0.25) is 5.91 Å². The summed E-state index contributed by atoms with van der Waals surface area (Å²) in [6.07, 6.45) is 0.207. The smallest absolute Gasteiger partial charge is 0.254 e. The van der Waals surface area contributed by atoms with Crippen LogP contribution in [0.2, 0.25) is 0 Å². The van der Waals surface area contributed by atoms with Gasteiger partial charge in [0.1, 0.15) is 6.04 Å². The number of amides is 2. The standard InChI is InChI=1S/C17H16N2O4/c1-9-2-4-12-11(6-9)16(22)19-13(17(23)18-12)7-10-3-5-14(20)15(21)8-10/h2-6,8,13,20-21H,7H2,1H3,(H,18,23)(H,19,22)/t13-/m0/s1. The molecule has 4 N–H and O–H groups in total. The number of anilines is 1. The van der Waals surface area contributed by atoms with Gasteiger partial charge < -0.3 is 20.8 Å². The maximum atomic E-state index is 12.3. The third-order valence-electron chi connectivity index (χ3n) is 3.78. The molecule has 0 fully saturated rings. The molecule has 2 amide bonds. The van der Waals surface area contributed by atoms with Crippen molar-refractivity contribution in [2.24, 2.45) is 0 Å².